The molecule has 1 saturated heterocycles. The highest BCUT2D eigenvalue weighted by atomic mass is 35.5. The molecule has 2 amide bonds. The number of amides is 2. The number of fused-ring (bicyclic) bond motifs is 1. The van der Waals surface area contributed by atoms with Crippen molar-refractivity contribution in [1.82, 2.24) is 15.1 Å². The summed E-state index contributed by atoms with van der Waals surface area (Å²) in [6, 6.07) is 9.21. The van der Waals surface area contributed by atoms with Crippen LogP contribution in [0.5, 0.6) is 11.5 Å². The number of phenolic OH excluding ortho intramolecular Hbond substituents is 1. The highest BCUT2D eigenvalue weighted by Gasteiger charge is 2.38. The minimum Gasteiger partial charge on any atom is -0.507 e. The number of rotatable bonds is 7. The summed E-state index contributed by atoms with van der Waals surface area (Å²) in [6.07, 6.45) is -2.77. The summed E-state index contributed by atoms with van der Waals surface area (Å²) in [6.45, 7) is 11.3. The normalized spacial score (nSPS) is 16.9. The number of benzene rings is 2. The van der Waals surface area contributed by atoms with Crippen molar-refractivity contribution in [2.75, 3.05) is 40.3 Å². The molecular formula is C35H44ClN3O10. The molecule has 1 aliphatic heterocycles. The standard InChI is InChI=1S/C35H44ClN3O10/c1-34(2,3)48-31(42)37-14-16-39(8)32(43)46-26-18-23(40)28(21-13-15-38(7)19-27(21)47-33(44)49-35(4,5)6)30-29(26)24(41)17-25(45-30)20-11-9-10-12-22(20)36/h9-12,17-18,21,27,40H,13-16,19H2,1-8H3,(H,37,42)/t21-,27+/m0/s1. The lowest BCUT2D eigenvalue weighted by Gasteiger charge is -2.37. The summed E-state index contributed by atoms with van der Waals surface area (Å²) < 4.78 is 28.4. The molecule has 1 fully saturated rings. The van der Waals surface area contributed by atoms with Gasteiger partial charge in [-0.1, -0.05) is 23.7 Å². The van der Waals surface area contributed by atoms with Gasteiger partial charge in [-0.2, -0.15) is 0 Å². The number of nitrogens with zero attached hydrogens (tertiary/aromatic N) is 2. The van der Waals surface area contributed by atoms with Crippen LogP contribution >= 0.6 is 11.6 Å². The molecule has 0 bridgehead atoms. The quantitative estimate of drug-likeness (QED) is 0.259. The van der Waals surface area contributed by atoms with E-state index in [1.165, 1.54) is 24.1 Å². The smallest absolute Gasteiger partial charge is 0.507 e. The van der Waals surface area contributed by atoms with Crippen molar-refractivity contribution < 1.29 is 42.9 Å². The molecule has 13 nitrogen and oxygen atoms in total. The third kappa shape index (κ3) is 9.79. The average molecular weight is 702 g/mol. The molecule has 0 unspecified atom stereocenters. The fraction of sp³-hybridized carbons (Fsp3) is 0.486. The van der Waals surface area contributed by atoms with Crippen LogP contribution in [0.25, 0.3) is 22.3 Å². The van der Waals surface area contributed by atoms with Crippen LogP contribution in [0.2, 0.25) is 5.02 Å². The van der Waals surface area contributed by atoms with E-state index in [1.807, 2.05) is 11.9 Å². The monoisotopic (exact) mass is 701 g/mol. The second kappa shape index (κ2) is 15.0. The predicted molar refractivity (Wildman–Crippen MR) is 183 cm³/mol. The second-order valence-electron chi connectivity index (χ2n) is 14.0. The maximum Gasteiger partial charge on any atom is 0.509 e. The first-order valence-corrected chi connectivity index (χ1v) is 16.3. The fourth-order valence-corrected chi connectivity index (χ4v) is 5.59. The molecule has 2 N–H and O–H groups in total. The van der Waals surface area contributed by atoms with Gasteiger partial charge in [-0.05, 0) is 73.7 Å². The zero-order valence-electron chi connectivity index (χ0n) is 29.0. The van der Waals surface area contributed by atoms with E-state index in [-0.39, 0.29) is 46.9 Å². The van der Waals surface area contributed by atoms with Crippen LogP contribution < -0.4 is 15.5 Å². The second-order valence-corrected chi connectivity index (χ2v) is 14.4. The molecule has 2 heterocycles. The van der Waals surface area contributed by atoms with Gasteiger partial charge in [0.1, 0.15) is 39.8 Å². The number of carbonyl (C=O) groups excluding carboxylic acids is 3. The third-order valence-electron chi connectivity index (χ3n) is 7.52. The lowest BCUT2D eigenvalue weighted by Crippen LogP contribution is -2.44. The molecule has 2 atom stereocenters. The molecule has 49 heavy (non-hydrogen) atoms. The van der Waals surface area contributed by atoms with E-state index in [9.17, 15) is 24.3 Å². The molecule has 3 aromatic rings. The Morgan fingerprint density at radius 3 is 2.41 bits per heavy atom. The van der Waals surface area contributed by atoms with E-state index in [0.29, 0.717) is 30.1 Å². The minimum atomic E-state index is -0.880. The van der Waals surface area contributed by atoms with Crippen LogP contribution in [0.3, 0.4) is 0 Å². The molecule has 4 rings (SSSR count). The number of hydrogen-bond donors (Lipinski definition) is 2. The lowest BCUT2D eigenvalue weighted by atomic mass is 9.85. The number of hydrogen-bond acceptors (Lipinski definition) is 11. The largest absolute Gasteiger partial charge is 0.509 e. The highest BCUT2D eigenvalue weighted by Crippen LogP contribution is 2.44. The van der Waals surface area contributed by atoms with Crippen molar-refractivity contribution in [3.8, 4) is 22.8 Å². The Bertz CT molecular complexity index is 1760. The Kier molecular flexibility index (Phi) is 11.4. The Hall–Kier alpha value is -4.49. The van der Waals surface area contributed by atoms with Gasteiger partial charge in [0.05, 0.1) is 5.02 Å². The number of ether oxygens (including phenoxy) is 4. The van der Waals surface area contributed by atoms with Crippen LogP contribution in [0.1, 0.15) is 59.4 Å². The van der Waals surface area contributed by atoms with E-state index in [1.54, 1.807) is 65.8 Å². The van der Waals surface area contributed by atoms with Gasteiger partial charge < -0.3 is 43.6 Å². The summed E-state index contributed by atoms with van der Waals surface area (Å²) in [5, 5.41) is 14.3. The average Bonchev–Trinajstić information content (AvgIpc) is 2.96. The van der Waals surface area contributed by atoms with Crippen LogP contribution in [0.4, 0.5) is 14.4 Å². The van der Waals surface area contributed by atoms with E-state index < -0.39 is 47.0 Å². The Balaban J connectivity index is 1.75. The first kappa shape index (κ1) is 37.3. The molecule has 0 spiro atoms. The number of alkyl carbamates (subject to hydrolysis) is 1. The fourth-order valence-electron chi connectivity index (χ4n) is 5.36. The zero-order valence-corrected chi connectivity index (χ0v) is 29.8. The van der Waals surface area contributed by atoms with Gasteiger partial charge in [0, 0.05) is 55.9 Å². The summed E-state index contributed by atoms with van der Waals surface area (Å²) >= 11 is 6.46. The third-order valence-corrected chi connectivity index (χ3v) is 7.85. The van der Waals surface area contributed by atoms with Gasteiger partial charge in [0.15, 0.2) is 11.2 Å². The van der Waals surface area contributed by atoms with Gasteiger partial charge in [-0.15, -0.1) is 0 Å². The summed E-state index contributed by atoms with van der Waals surface area (Å²) in [7, 11) is 3.32. The maximum atomic E-state index is 13.9. The number of aromatic hydroxyl groups is 1. The van der Waals surface area contributed by atoms with Gasteiger partial charge in [0.2, 0.25) is 0 Å². The molecule has 0 radical (unpaired) electrons. The van der Waals surface area contributed by atoms with E-state index in [0.717, 1.165) is 0 Å². The molecule has 1 aliphatic rings. The number of phenols is 1. The van der Waals surface area contributed by atoms with Gasteiger partial charge in [-0.3, -0.25) is 4.79 Å². The SMILES string of the molecule is CN1CC[C@H](c2c(O)cc(OC(=O)N(C)CCNC(=O)OC(C)(C)C)c3c(=O)cc(-c4ccccc4Cl)oc23)[C@H](OC(=O)OC(C)(C)C)C1. The number of piperidine rings is 1. The first-order chi connectivity index (χ1) is 22.8. The van der Waals surface area contributed by atoms with Crippen molar-refractivity contribution in [3.63, 3.8) is 0 Å². The van der Waals surface area contributed by atoms with Crippen LogP contribution in [-0.4, -0.2) is 90.8 Å². The Labute approximate surface area is 290 Å². The summed E-state index contributed by atoms with van der Waals surface area (Å²) in [5.41, 5.74) is -1.47. The van der Waals surface area contributed by atoms with Crippen LogP contribution in [0, 0.1) is 0 Å². The number of carbonyl (C=O) groups is 3. The number of likely N-dealkylation sites (tertiary alicyclic amines) is 1. The number of halogens is 1. The molecule has 0 aliphatic carbocycles. The molecule has 0 saturated carbocycles. The van der Waals surface area contributed by atoms with E-state index in [2.05, 4.69) is 5.32 Å². The molecule has 2 aromatic carbocycles. The van der Waals surface area contributed by atoms with Gasteiger partial charge in [-0.25, -0.2) is 14.4 Å². The first-order valence-electron chi connectivity index (χ1n) is 15.9. The zero-order chi connectivity index (χ0) is 36.3. The van der Waals surface area contributed by atoms with Crippen molar-refractivity contribution in [1.29, 1.82) is 0 Å². The summed E-state index contributed by atoms with van der Waals surface area (Å²) in [4.78, 5) is 55.0. The molecule has 1 aromatic heterocycles. The predicted octanol–water partition coefficient (Wildman–Crippen LogP) is 6.51. The number of likely N-dealkylation sites (N-methyl/N-ethyl adjacent to an activating group) is 2. The Morgan fingerprint density at radius 1 is 1.08 bits per heavy atom. The topological polar surface area (TPSA) is 157 Å². The van der Waals surface area contributed by atoms with Gasteiger partial charge in [0.25, 0.3) is 0 Å². The van der Waals surface area contributed by atoms with E-state index in [4.69, 9.17) is 35.0 Å². The van der Waals surface area contributed by atoms with Crippen molar-refractivity contribution >= 4 is 40.9 Å². The van der Waals surface area contributed by atoms with Crippen molar-refractivity contribution in [3.05, 3.63) is 57.2 Å². The summed E-state index contributed by atoms with van der Waals surface area (Å²) in [5.74, 6) is -1.10. The number of nitrogens with one attached hydrogen (secondary N) is 1. The highest BCUT2D eigenvalue weighted by molar-refractivity contribution is 6.33. The van der Waals surface area contributed by atoms with E-state index >= 15 is 0 Å². The molecule has 266 valence electrons. The molecular weight excluding hydrogens is 658 g/mol. The van der Waals surface area contributed by atoms with Crippen molar-refractivity contribution in [2.24, 2.45) is 0 Å². The Morgan fingerprint density at radius 2 is 1.76 bits per heavy atom. The molecule has 14 heteroatoms. The lowest BCUT2D eigenvalue weighted by molar-refractivity contribution is -0.0461. The van der Waals surface area contributed by atoms with Crippen molar-refractivity contribution in [2.45, 2.75) is 71.2 Å². The van der Waals surface area contributed by atoms with Gasteiger partial charge >= 0.3 is 18.3 Å². The van der Waals surface area contributed by atoms with Crippen LogP contribution in [-0.2, 0) is 14.2 Å². The van der Waals surface area contributed by atoms with Crippen LogP contribution in [0.15, 0.2) is 45.6 Å². The maximum absolute atomic E-state index is 13.9. The minimum absolute atomic E-state index is 0.0462.